The van der Waals surface area contributed by atoms with Crippen molar-refractivity contribution in [3.63, 3.8) is 0 Å². The van der Waals surface area contributed by atoms with Crippen LogP contribution < -0.4 is 4.74 Å². The lowest BCUT2D eigenvalue weighted by Crippen LogP contribution is -2.02. The summed E-state index contributed by atoms with van der Waals surface area (Å²) in [5.74, 6) is 1.62. The molecule has 0 atom stereocenters. The highest BCUT2D eigenvalue weighted by Gasteiger charge is 2.13. The van der Waals surface area contributed by atoms with Gasteiger partial charge in [0.1, 0.15) is 11.3 Å². The lowest BCUT2D eigenvalue weighted by Gasteiger charge is -2.05. The number of para-hydroxylation sites is 2. The highest BCUT2D eigenvalue weighted by Crippen LogP contribution is 2.27. The van der Waals surface area contributed by atoms with Crippen molar-refractivity contribution in [2.75, 3.05) is 12.4 Å². The van der Waals surface area contributed by atoms with Crippen molar-refractivity contribution in [2.45, 2.75) is 11.7 Å². The summed E-state index contributed by atoms with van der Waals surface area (Å²) in [5.41, 5.74) is 2.76. The summed E-state index contributed by atoms with van der Waals surface area (Å²) >= 11 is 1.54. The fourth-order valence-electron chi connectivity index (χ4n) is 2.87. The van der Waals surface area contributed by atoms with Gasteiger partial charge in [0.15, 0.2) is 5.65 Å². The van der Waals surface area contributed by atoms with E-state index in [0.717, 1.165) is 33.6 Å². The van der Waals surface area contributed by atoms with Crippen molar-refractivity contribution in [3.8, 4) is 5.75 Å². The minimum Gasteiger partial charge on any atom is -0.493 e. The molecule has 5 nitrogen and oxygen atoms in total. The van der Waals surface area contributed by atoms with E-state index in [0.29, 0.717) is 18.3 Å². The molecule has 4 rings (SSSR count). The summed E-state index contributed by atoms with van der Waals surface area (Å²) in [7, 11) is 0. The van der Waals surface area contributed by atoms with Crippen LogP contribution in [0, 0.1) is 0 Å². The first-order valence-electron chi connectivity index (χ1n) is 8.40. The molecule has 0 aliphatic carbocycles. The first-order valence-corrected chi connectivity index (χ1v) is 9.38. The summed E-state index contributed by atoms with van der Waals surface area (Å²) in [4.78, 5) is 4.72. The second kappa shape index (κ2) is 7.58. The van der Waals surface area contributed by atoms with Crippen LogP contribution in [0.3, 0.4) is 0 Å². The monoisotopic (exact) mass is 362 g/mol. The highest BCUT2D eigenvalue weighted by atomic mass is 32.2. The Balaban J connectivity index is 1.54. The second-order valence-electron chi connectivity index (χ2n) is 5.69. The molecule has 0 fully saturated rings. The molecule has 0 saturated carbocycles. The topological polar surface area (TPSA) is 52.8 Å². The molecule has 0 aliphatic rings. The molecule has 130 valence electrons. The van der Waals surface area contributed by atoms with Crippen molar-refractivity contribution in [1.82, 2.24) is 19.7 Å². The molecule has 0 bridgehead atoms. The molecule has 0 unspecified atom stereocenters. The number of aromatic nitrogens is 4. The molecule has 0 amide bonds. The van der Waals surface area contributed by atoms with Crippen LogP contribution in [0.1, 0.15) is 0 Å². The van der Waals surface area contributed by atoms with Gasteiger partial charge in [0.05, 0.1) is 12.1 Å². The summed E-state index contributed by atoms with van der Waals surface area (Å²) in [6.07, 6.45) is 1.87. The fraction of sp³-hybridized carbons (Fsp3) is 0.150. The summed E-state index contributed by atoms with van der Waals surface area (Å²) in [5, 5.41) is 10.4. The molecular formula is C20H18N4OS. The summed E-state index contributed by atoms with van der Waals surface area (Å²) < 4.78 is 7.83. The normalized spacial score (nSPS) is 11.1. The van der Waals surface area contributed by atoms with E-state index >= 15 is 0 Å². The maximum atomic E-state index is 5.71. The lowest BCUT2D eigenvalue weighted by atomic mass is 10.2. The zero-order valence-electron chi connectivity index (χ0n) is 14.2. The molecule has 0 radical (unpaired) electrons. The Morgan fingerprint density at radius 3 is 2.69 bits per heavy atom. The Bertz CT molecular complexity index is 1050. The molecular weight excluding hydrogens is 344 g/mol. The minimum atomic E-state index is 0.589. The average Bonchev–Trinajstić information content (AvgIpc) is 3.00. The maximum Gasteiger partial charge on any atom is 0.211 e. The van der Waals surface area contributed by atoms with E-state index in [1.165, 1.54) is 0 Å². The molecule has 4 aromatic rings. The predicted molar refractivity (Wildman–Crippen MR) is 106 cm³/mol. The van der Waals surface area contributed by atoms with Gasteiger partial charge in [0.25, 0.3) is 0 Å². The molecule has 2 heterocycles. The number of fused-ring (bicyclic) bond motifs is 3. The van der Waals surface area contributed by atoms with E-state index < -0.39 is 0 Å². The van der Waals surface area contributed by atoms with Crippen molar-refractivity contribution in [2.24, 2.45) is 0 Å². The number of nitrogens with zero attached hydrogens (tertiary/aromatic N) is 4. The smallest absolute Gasteiger partial charge is 0.211 e. The van der Waals surface area contributed by atoms with E-state index in [9.17, 15) is 0 Å². The Hall–Kier alpha value is -2.86. The summed E-state index contributed by atoms with van der Waals surface area (Å²) in [6, 6.07) is 17.9. The lowest BCUT2D eigenvalue weighted by molar-refractivity contribution is 0.344. The van der Waals surface area contributed by atoms with Crippen LogP contribution >= 0.6 is 11.8 Å². The maximum absolute atomic E-state index is 5.71. The molecule has 26 heavy (non-hydrogen) atoms. The van der Waals surface area contributed by atoms with Gasteiger partial charge in [-0.15, -0.1) is 16.8 Å². The number of benzene rings is 2. The fourth-order valence-corrected chi connectivity index (χ4v) is 3.47. The molecule has 0 N–H and O–H groups in total. The van der Waals surface area contributed by atoms with E-state index in [1.54, 1.807) is 11.8 Å². The quantitative estimate of drug-likeness (QED) is 0.278. The van der Waals surface area contributed by atoms with E-state index in [-0.39, 0.29) is 0 Å². The zero-order valence-corrected chi connectivity index (χ0v) is 15.0. The predicted octanol–water partition coefficient (Wildman–Crippen LogP) is 4.34. The van der Waals surface area contributed by atoms with Crippen molar-refractivity contribution >= 4 is 33.8 Å². The highest BCUT2D eigenvalue weighted by molar-refractivity contribution is 7.99. The SMILES string of the molecule is C=CCn1c2ccccc2c2nnc(SCCOc3ccccc3)nc21. The number of thioether (sulfide) groups is 1. The van der Waals surface area contributed by atoms with Crippen LogP contribution in [0.25, 0.3) is 22.1 Å². The number of rotatable bonds is 7. The molecule has 0 saturated heterocycles. The first kappa shape index (κ1) is 16.6. The Kier molecular flexibility index (Phi) is 4.84. The van der Waals surface area contributed by atoms with E-state index in [1.807, 2.05) is 54.6 Å². The molecule has 0 aliphatic heterocycles. The Morgan fingerprint density at radius 2 is 1.85 bits per heavy atom. The van der Waals surface area contributed by atoms with Gasteiger partial charge in [0, 0.05) is 17.7 Å². The third kappa shape index (κ3) is 3.28. The van der Waals surface area contributed by atoms with Gasteiger partial charge in [-0.2, -0.15) is 0 Å². The van der Waals surface area contributed by atoms with Crippen LogP contribution in [-0.2, 0) is 6.54 Å². The molecule has 6 heteroatoms. The van der Waals surface area contributed by atoms with Gasteiger partial charge >= 0.3 is 0 Å². The van der Waals surface area contributed by atoms with Gasteiger partial charge in [-0.1, -0.05) is 54.2 Å². The third-order valence-electron chi connectivity index (χ3n) is 3.99. The van der Waals surface area contributed by atoms with Crippen LogP contribution in [0.4, 0.5) is 0 Å². The number of allylic oxidation sites excluding steroid dienone is 1. The largest absolute Gasteiger partial charge is 0.493 e. The summed E-state index contributed by atoms with van der Waals surface area (Å²) in [6.45, 7) is 5.13. The molecule has 2 aromatic carbocycles. The van der Waals surface area contributed by atoms with E-state index in [2.05, 4.69) is 27.4 Å². The Labute approximate surface area is 155 Å². The number of hydrogen-bond acceptors (Lipinski definition) is 5. The van der Waals surface area contributed by atoms with Crippen LogP contribution in [0.2, 0.25) is 0 Å². The first-order chi connectivity index (χ1) is 12.9. The van der Waals surface area contributed by atoms with Gasteiger partial charge < -0.3 is 9.30 Å². The second-order valence-corrected chi connectivity index (χ2v) is 6.76. The standard InChI is InChI=1S/C20H18N4OS/c1-2-12-24-17-11-7-6-10-16(17)18-19(24)21-20(23-22-18)26-14-13-25-15-8-4-3-5-9-15/h2-11H,1,12-14H2. The van der Waals surface area contributed by atoms with Crippen LogP contribution in [0.15, 0.2) is 72.4 Å². The van der Waals surface area contributed by atoms with Gasteiger partial charge in [-0.25, -0.2) is 4.98 Å². The zero-order chi connectivity index (χ0) is 17.8. The van der Waals surface area contributed by atoms with Gasteiger partial charge in [-0.05, 0) is 18.2 Å². The van der Waals surface area contributed by atoms with Gasteiger partial charge in [0.2, 0.25) is 5.16 Å². The van der Waals surface area contributed by atoms with Gasteiger partial charge in [-0.3, -0.25) is 0 Å². The average molecular weight is 362 g/mol. The Morgan fingerprint density at radius 1 is 1.04 bits per heavy atom. The molecule has 2 aromatic heterocycles. The van der Waals surface area contributed by atoms with Crippen molar-refractivity contribution in [1.29, 1.82) is 0 Å². The number of ether oxygens (including phenoxy) is 1. The molecule has 0 spiro atoms. The number of hydrogen-bond donors (Lipinski definition) is 0. The minimum absolute atomic E-state index is 0.589. The van der Waals surface area contributed by atoms with Crippen molar-refractivity contribution < 1.29 is 4.74 Å². The third-order valence-corrected chi connectivity index (χ3v) is 4.79. The van der Waals surface area contributed by atoms with Crippen molar-refractivity contribution in [3.05, 3.63) is 67.3 Å². The van der Waals surface area contributed by atoms with Crippen LogP contribution in [0.5, 0.6) is 5.75 Å². The van der Waals surface area contributed by atoms with E-state index in [4.69, 9.17) is 9.72 Å². The van der Waals surface area contributed by atoms with Crippen LogP contribution in [-0.4, -0.2) is 32.1 Å².